The van der Waals surface area contributed by atoms with Crippen molar-refractivity contribution in [2.45, 2.75) is 6.61 Å². The predicted molar refractivity (Wildman–Crippen MR) is 117 cm³/mol. The second-order valence-electron chi connectivity index (χ2n) is 6.89. The molecule has 0 saturated carbocycles. The first-order chi connectivity index (χ1) is 15.0. The molecule has 0 N–H and O–H groups in total. The van der Waals surface area contributed by atoms with Crippen LogP contribution in [0.4, 0.5) is 10.1 Å². The van der Waals surface area contributed by atoms with E-state index in [-0.39, 0.29) is 18.1 Å². The molecule has 3 aromatic rings. The van der Waals surface area contributed by atoms with Gasteiger partial charge in [0.2, 0.25) is 0 Å². The largest absolute Gasteiger partial charge is 0.486 e. The molecular weight excluding hydrogens is 439 g/mol. The molecule has 1 aromatic heterocycles. The van der Waals surface area contributed by atoms with E-state index in [0.717, 1.165) is 0 Å². The number of hydrogen-bond acceptors (Lipinski definition) is 6. The Morgan fingerprint density at radius 2 is 1.94 bits per heavy atom. The molecule has 0 bridgehead atoms. The standard InChI is InChI=1S/C22H18ClFN4O2S/c23-15-4-6-16(7-5-15)30-13-21-26-19(14-31-21)22(29)28-10-8-27(9-11-28)20-3-1-2-18(24)17(20)12-25/h1-7,14H,8-11,13H2. The molecule has 1 fully saturated rings. The van der Waals surface area contributed by atoms with Crippen LogP contribution in [0.3, 0.4) is 0 Å². The third-order valence-electron chi connectivity index (χ3n) is 4.96. The lowest BCUT2D eigenvalue weighted by Crippen LogP contribution is -2.49. The molecule has 31 heavy (non-hydrogen) atoms. The molecular formula is C22H18ClFN4O2S. The summed E-state index contributed by atoms with van der Waals surface area (Å²) in [5.74, 6) is 0.000375. The van der Waals surface area contributed by atoms with Crippen LogP contribution in [0.1, 0.15) is 21.1 Å². The fraction of sp³-hybridized carbons (Fsp3) is 0.227. The highest BCUT2D eigenvalue weighted by atomic mass is 35.5. The minimum absolute atomic E-state index is 0.0344. The Labute approximate surface area is 188 Å². The van der Waals surface area contributed by atoms with Gasteiger partial charge in [-0.1, -0.05) is 17.7 Å². The molecule has 6 nitrogen and oxygen atoms in total. The van der Waals surface area contributed by atoms with E-state index in [4.69, 9.17) is 16.3 Å². The molecule has 158 valence electrons. The molecule has 1 amide bonds. The van der Waals surface area contributed by atoms with Gasteiger partial charge in [-0.05, 0) is 36.4 Å². The number of nitrogens with zero attached hydrogens (tertiary/aromatic N) is 4. The maximum absolute atomic E-state index is 13.9. The van der Waals surface area contributed by atoms with Gasteiger partial charge in [0.1, 0.15) is 40.5 Å². The summed E-state index contributed by atoms with van der Waals surface area (Å²) in [6, 6.07) is 13.6. The van der Waals surface area contributed by atoms with Crippen molar-refractivity contribution >= 4 is 34.5 Å². The molecule has 0 spiro atoms. The number of hydrogen-bond donors (Lipinski definition) is 0. The number of thiazole rings is 1. The summed E-state index contributed by atoms with van der Waals surface area (Å²) >= 11 is 7.24. The second-order valence-corrected chi connectivity index (χ2v) is 8.27. The van der Waals surface area contributed by atoms with Gasteiger partial charge in [-0.15, -0.1) is 11.3 Å². The molecule has 1 aliphatic rings. The number of rotatable bonds is 5. The third-order valence-corrected chi connectivity index (χ3v) is 6.03. The van der Waals surface area contributed by atoms with Crippen LogP contribution in [0.2, 0.25) is 5.02 Å². The SMILES string of the molecule is N#Cc1c(F)cccc1N1CCN(C(=O)c2csc(COc3ccc(Cl)cc3)n2)CC1. The summed E-state index contributed by atoms with van der Waals surface area (Å²) in [5.41, 5.74) is 0.980. The van der Waals surface area contributed by atoms with Gasteiger partial charge in [0, 0.05) is 36.6 Å². The van der Waals surface area contributed by atoms with Gasteiger partial charge in [0.25, 0.3) is 5.91 Å². The number of benzene rings is 2. The fourth-order valence-corrected chi connectivity index (χ4v) is 4.16. The maximum Gasteiger partial charge on any atom is 0.273 e. The zero-order chi connectivity index (χ0) is 21.8. The topological polar surface area (TPSA) is 69.5 Å². The quantitative estimate of drug-likeness (QED) is 0.571. The maximum atomic E-state index is 13.9. The smallest absolute Gasteiger partial charge is 0.273 e. The first-order valence-electron chi connectivity index (χ1n) is 9.61. The Balaban J connectivity index is 1.34. The van der Waals surface area contributed by atoms with E-state index in [0.29, 0.717) is 53.3 Å². The number of nitriles is 1. The summed E-state index contributed by atoms with van der Waals surface area (Å²) < 4.78 is 19.6. The highest BCUT2D eigenvalue weighted by Gasteiger charge is 2.25. The molecule has 0 aliphatic carbocycles. The number of amides is 1. The molecule has 0 atom stereocenters. The van der Waals surface area contributed by atoms with Crippen molar-refractivity contribution in [1.82, 2.24) is 9.88 Å². The molecule has 9 heteroatoms. The van der Waals surface area contributed by atoms with Gasteiger partial charge in [0.15, 0.2) is 0 Å². The summed E-state index contributed by atoms with van der Waals surface area (Å²) in [6.07, 6.45) is 0. The Bertz CT molecular complexity index is 1120. The van der Waals surface area contributed by atoms with E-state index in [9.17, 15) is 14.4 Å². The lowest BCUT2D eigenvalue weighted by molar-refractivity contribution is 0.0741. The van der Waals surface area contributed by atoms with Crippen LogP contribution in [-0.4, -0.2) is 42.0 Å². The van der Waals surface area contributed by atoms with Crippen molar-refractivity contribution in [3.8, 4) is 11.8 Å². The van der Waals surface area contributed by atoms with Gasteiger partial charge in [0.05, 0.1) is 5.69 Å². The molecule has 0 radical (unpaired) electrons. The van der Waals surface area contributed by atoms with Crippen LogP contribution in [0.5, 0.6) is 5.75 Å². The predicted octanol–water partition coefficient (Wildman–Crippen LogP) is 4.35. The van der Waals surface area contributed by atoms with Crippen molar-refractivity contribution < 1.29 is 13.9 Å². The number of carbonyl (C=O) groups is 1. The van der Waals surface area contributed by atoms with E-state index < -0.39 is 5.82 Å². The van der Waals surface area contributed by atoms with Crippen LogP contribution in [0, 0.1) is 17.1 Å². The van der Waals surface area contributed by atoms with Crippen molar-refractivity contribution in [3.05, 3.63) is 74.9 Å². The van der Waals surface area contributed by atoms with Gasteiger partial charge in [-0.3, -0.25) is 4.79 Å². The fourth-order valence-electron chi connectivity index (χ4n) is 3.35. The molecule has 2 aromatic carbocycles. The lowest BCUT2D eigenvalue weighted by atomic mass is 10.1. The monoisotopic (exact) mass is 456 g/mol. The molecule has 1 saturated heterocycles. The average molecular weight is 457 g/mol. The Morgan fingerprint density at radius 1 is 1.19 bits per heavy atom. The summed E-state index contributed by atoms with van der Waals surface area (Å²) in [7, 11) is 0. The first kappa shape index (κ1) is 21.1. The van der Waals surface area contributed by atoms with Crippen LogP contribution < -0.4 is 9.64 Å². The van der Waals surface area contributed by atoms with Gasteiger partial charge in [-0.2, -0.15) is 5.26 Å². The van der Waals surface area contributed by atoms with E-state index in [1.807, 2.05) is 11.0 Å². The van der Waals surface area contributed by atoms with Crippen LogP contribution >= 0.6 is 22.9 Å². The van der Waals surface area contributed by atoms with Crippen molar-refractivity contribution in [2.75, 3.05) is 31.1 Å². The third kappa shape index (κ3) is 4.79. The van der Waals surface area contributed by atoms with Crippen molar-refractivity contribution in [3.63, 3.8) is 0 Å². The summed E-state index contributed by atoms with van der Waals surface area (Å²) in [5, 5.41) is 12.3. The second kappa shape index (κ2) is 9.33. The number of halogens is 2. The van der Waals surface area contributed by atoms with E-state index in [2.05, 4.69) is 4.98 Å². The molecule has 4 rings (SSSR count). The summed E-state index contributed by atoms with van der Waals surface area (Å²) in [6.45, 7) is 2.23. The minimum Gasteiger partial charge on any atom is -0.486 e. The van der Waals surface area contributed by atoms with Crippen molar-refractivity contribution in [1.29, 1.82) is 5.26 Å². The van der Waals surface area contributed by atoms with Crippen LogP contribution in [-0.2, 0) is 6.61 Å². The van der Waals surface area contributed by atoms with Gasteiger partial charge < -0.3 is 14.5 Å². The normalized spacial score (nSPS) is 13.7. The highest BCUT2D eigenvalue weighted by Crippen LogP contribution is 2.24. The van der Waals surface area contributed by atoms with Crippen LogP contribution in [0.25, 0.3) is 0 Å². The van der Waals surface area contributed by atoms with E-state index in [1.54, 1.807) is 46.7 Å². The minimum atomic E-state index is -0.533. The first-order valence-corrected chi connectivity index (χ1v) is 10.9. The van der Waals surface area contributed by atoms with Crippen LogP contribution in [0.15, 0.2) is 47.8 Å². The Kier molecular flexibility index (Phi) is 6.35. The zero-order valence-corrected chi connectivity index (χ0v) is 18.0. The molecule has 1 aliphatic heterocycles. The van der Waals surface area contributed by atoms with E-state index in [1.165, 1.54) is 17.4 Å². The Morgan fingerprint density at radius 3 is 2.65 bits per heavy atom. The highest BCUT2D eigenvalue weighted by molar-refractivity contribution is 7.09. The zero-order valence-electron chi connectivity index (χ0n) is 16.4. The molecule has 0 unspecified atom stereocenters. The number of ether oxygens (including phenoxy) is 1. The number of anilines is 1. The van der Waals surface area contributed by atoms with Crippen molar-refractivity contribution in [2.24, 2.45) is 0 Å². The van der Waals surface area contributed by atoms with Gasteiger partial charge >= 0.3 is 0 Å². The van der Waals surface area contributed by atoms with E-state index >= 15 is 0 Å². The number of carbonyl (C=O) groups excluding carboxylic acids is 1. The number of piperazine rings is 1. The lowest BCUT2D eigenvalue weighted by Gasteiger charge is -2.36. The van der Waals surface area contributed by atoms with Gasteiger partial charge in [-0.25, -0.2) is 9.37 Å². The number of aromatic nitrogens is 1. The molecule has 2 heterocycles. The average Bonchev–Trinajstić information content (AvgIpc) is 3.27. The summed E-state index contributed by atoms with van der Waals surface area (Å²) in [4.78, 5) is 20.9. The Hall–Kier alpha value is -3.15.